The van der Waals surface area contributed by atoms with E-state index >= 15 is 0 Å². The van der Waals surface area contributed by atoms with Crippen LogP contribution < -0.4 is 9.47 Å². The van der Waals surface area contributed by atoms with Crippen molar-refractivity contribution in [2.75, 3.05) is 7.11 Å². The van der Waals surface area contributed by atoms with E-state index in [0.717, 1.165) is 34.2 Å². The van der Waals surface area contributed by atoms with Gasteiger partial charge in [-0.3, -0.25) is 0 Å². The lowest BCUT2D eigenvalue weighted by atomic mass is 9.90. The third-order valence-electron chi connectivity index (χ3n) is 3.55. The summed E-state index contributed by atoms with van der Waals surface area (Å²) in [4.78, 5) is 0. The Labute approximate surface area is 100 Å². The monoisotopic (exact) mass is 229 g/mol. The van der Waals surface area contributed by atoms with Gasteiger partial charge in [-0.1, -0.05) is 0 Å². The summed E-state index contributed by atoms with van der Waals surface area (Å²) in [5.41, 5.74) is 3.27. The molecule has 1 aliphatic carbocycles. The van der Waals surface area contributed by atoms with Gasteiger partial charge in [0.15, 0.2) is 6.20 Å². The second-order valence-electron chi connectivity index (χ2n) is 4.55. The molecule has 0 N–H and O–H groups in total. The topological polar surface area (TPSA) is 36.2 Å². The van der Waals surface area contributed by atoms with Crippen LogP contribution in [0.25, 0.3) is 10.9 Å². The third-order valence-corrected chi connectivity index (χ3v) is 3.55. The minimum absolute atomic E-state index is 0.742. The Morgan fingerprint density at radius 3 is 2.88 bits per heavy atom. The van der Waals surface area contributed by atoms with Gasteiger partial charge in [0.25, 0.3) is 0 Å². The molecular weight excluding hydrogens is 214 g/mol. The van der Waals surface area contributed by atoms with Crippen LogP contribution in [0.3, 0.4) is 0 Å². The molecule has 0 fully saturated rings. The highest BCUT2D eigenvalue weighted by atomic mass is 16.5. The number of rotatable bonds is 1. The third kappa shape index (κ3) is 1.62. The molecule has 3 rings (SSSR count). The molecule has 2 aromatic rings. The Morgan fingerprint density at radius 1 is 1.24 bits per heavy atom. The van der Waals surface area contributed by atoms with Gasteiger partial charge in [-0.05, 0) is 43.4 Å². The van der Waals surface area contributed by atoms with Crippen molar-refractivity contribution in [2.45, 2.75) is 25.7 Å². The Hall–Kier alpha value is -1.77. The van der Waals surface area contributed by atoms with Crippen LogP contribution in [0.15, 0.2) is 24.4 Å². The molecule has 88 valence electrons. The Bertz CT molecular complexity index is 578. The molecular formula is C14H15NO2. The average molecular weight is 229 g/mol. The summed E-state index contributed by atoms with van der Waals surface area (Å²) < 4.78 is 6.23. The summed E-state index contributed by atoms with van der Waals surface area (Å²) in [5, 5.41) is 13.0. The van der Waals surface area contributed by atoms with Crippen LogP contribution in [-0.2, 0) is 12.8 Å². The smallest absolute Gasteiger partial charge is 0.224 e. The lowest BCUT2D eigenvalue weighted by Crippen LogP contribution is -2.29. The van der Waals surface area contributed by atoms with E-state index in [9.17, 15) is 5.21 Å². The second kappa shape index (κ2) is 3.91. The van der Waals surface area contributed by atoms with Crippen LogP contribution in [0.2, 0.25) is 0 Å². The number of methoxy groups -OCH3 is 1. The highest BCUT2D eigenvalue weighted by Gasteiger charge is 2.18. The Kier molecular flexibility index (Phi) is 2.39. The van der Waals surface area contributed by atoms with Gasteiger partial charge in [-0.2, -0.15) is 4.73 Å². The van der Waals surface area contributed by atoms with Gasteiger partial charge in [-0.15, -0.1) is 0 Å². The van der Waals surface area contributed by atoms with E-state index in [1.54, 1.807) is 13.3 Å². The molecule has 0 aliphatic heterocycles. The lowest BCUT2D eigenvalue weighted by molar-refractivity contribution is -0.577. The number of hydrogen-bond donors (Lipinski definition) is 0. The fourth-order valence-electron chi connectivity index (χ4n) is 2.67. The summed E-state index contributed by atoms with van der Waals surface area (Å²) in [6.45, 7) is 0. The molecule has 0 unspecified atom stereocenters. The van der Waals surface area contributed by atoms with Crippen molar-refractivity contribution in [2.24, 2.45) is 0 Å². The van der Waals surface area contributed by atoms with E-state index < -0.39 is 0 Å². The molecule has 1 aromatic carbocycles. The highest BCUT2D eigenvalue weighted by molar-refractivity contribution is 5.82. The summed E-state index contributed by atoms with van der Waals surface area (Å²) in [6.07, 6.45) is 6.22. The van der Waals surface area contributed by atoms with Crippen LogP contribution in [0.1, 0.15) is 24.0 Å². The maximum absolute atomic E-state index is 11.9. The lowest BCUT2D eigenvalue weighted by Gasteiger charge is -2.17. The fraction of sp³-hybridized carbons (Fsp3) is 0.357. The molecule has 0 saturated carbocycles. The van der Waals surface area contributed by atoms with Crippen LogP contribution in [0, 0.1) is 5.21 Å². The maximum atomic E-state index is 11.9. The van der Waals surface area contributed by atoms with E-state index in [4.69, 9.17) is 4.74 Å². The molecule has 1 aliphatic rings. The average Bonchev–Trinajstić information content (AvgIpc) is 2.38. The number of benzene rings is 1. The molecule has 0 radical (unpaired) electrons. The van der Waals surface area contributed by atoms with Crippen LogP contribution in [-0.4, -0.2) is 7.11 Å². The van der Waals surface area contributed by atoms with E-state index in [-0.39, 0.29) is 0 Å². The molecule has 3 heteroatoms. The van der Waals surface area contributed by atoms with Crippen molar-refractivity contribution in [3.63, 3.8) is 0 Å². The summed E-state index contributed by atoms with van der Waals surface area (Å²) in [5.74, 6) is 0.816. The van der Waals surface area contributed by atoms with E-state index in [0.29, 0.717) is 0 Å². The molecule has 0 amide bonds. The van der Waals surface area contributed by atoms with Gasteiger partial charge in [0, 0.05) is 11.6 Å². The van der Waals surface area contributed by atoms with E-state index in [2.05, 4.69) is 0 Å². The minimum atomic E-state index is 0.742. The molecule has 0 spiro atoms. The van der Waals surface area contributed by atoms with E-state index in [1.807, 2.05) is 18.2 Å². The number of ether oxygens (including phenoxy) is 1. The van der Waals surface area contributed by atoms with Gasteiger partial charge < -0.3 is 9.94 Å². The number of pyridine rings is 1. The molecule has 1 heterocycles. The standard InChI is InChI=1S/C14H15NO2/c1-17-11-6-7-14-13(8-11)12-5-3-2-4-10(12)9-15(14)16/h6-9H,2-5H2,1H3. The first-order valence-electron chi connectivity index (χ1n) is 6.01. The molecule has 0 atom stereocenters. The van der Waals surface area contributed by atoms with Gasteiger partial charge >= 0.3 is 0 Å². The molecule has 17 heavy (non-hydrogen) atoms. The van der Waals surface area contributed by atoms with Crippen molar-refractivity contribution >= 4 is 10.9 Å². The molecule has 0 saturated heterocycles. The van der Waals surface area contributed by atoms with Crippen molar-refractivity contribution in [3.8, 4) is 5.75 Å². The fourth-order valence-corrected chi connectivity index (χ4v) is 2.67. The van der Waals surface area contributed by atoms with Crippen molar-refractivity contribution < 1.29 is 9.47 Å². The van der Waals surface area contributed by atoms with Crippen LogP contribution in [0.4, 0.5) is 0 Å². The number of hydrogen-bond acceptors (Lipinski definition) is 2. The largest absolute Gasteiger partial charge is 0.618 e. The quantitative estimate of drug-likeness (QED) is 0.556. The van der Waals surface area contributed by atoms with E-state index in [1.165, 1.54) is 24.0 Å². The zero-order chi connectivity index (χ0) is 11.8. The highest BCUT2D eigenvalue weighted by Crippen LogP contribution is 2.29. The number of nitrogens with zero attached hydrogens (tertiary/aromatic N) is 1. The van der Waals surface area contributed by atoms with Crippen LogP contribution >= 0.6 is 0 Å². The first kappa shape index (κ1) is 10.4. The van der Waals surface area contributed by atoms with Crippen molar-refractivity contribution in [1.29, 1.82) is 0 Å². The van der Waals surface area contributed by atoms with Crippen molar-refractivity contribution in [3.05, 3.63) is 40.7 Å². The first-order chi connectivity index (χ1) is 8.29. The van der Waals surface area contributed by atoms with Gasteiger partial charge in [-0.25, -0.2) is 0 Å². The summed E-state index contributed by atoms with van der Waals surface area (Å²) in [6, 6.07) is 5.66. The normalized spacial score (nSPS) is 14.6. The minimum Gasteiger partial charge on any atom is -0.618 e. The second-order valence-corrected chi connectivity index (χ2v) is 4.55. The maximum Gasteiger partial charge on any atom is 0.224 e. The number of aryl methyl sites for hydroxylation is 2. The molecule has 3 nitrogen and oxygen atoms in total. The SMILES string of the molecule is COc1ccc2c(c1)c1c(c[n+]2[O-])CCCC1. The molecule has 1 aromatic heterocycles. The van der Waals surface area contributed by atoms with Gasteiger partial charge in [0.1, 0.15) is 5.75 Å². The van der Waals surface area contributed by atoms with Crippen LogP contribution in [0.5, 0.6) is 5.75 Å². The number of aromatic nitrogens is 1. The first-order valence-corrected chi connectivity index (χ1v) is 6.01. The van der Waals surface area contributed by atoms with Crippen molar-refractivity contribution in [1.82, 2.24) is 0 Å². The summed E-state index contributed by atoms with van der Waals surface area (Å²) in [7, 11) is 1.65. The van der Waals surface area contributed by atoms with Gasteiger partial charge in [0.2, 0.25) is 5.52 Å². The Morgan fingerprint density at radius 2 is 2.06 bits per heavy atom. The Balaban J connectivity index is 2.33. The zero-order valence-electron chi connectivity index (χ0n) is 9.90. The number of fused-ring (bicyclic) bond motifs is 3. The zero-order valence-corrected chi connectivity index (χ0v) is 9.90. The predicted molar refractivity (Wildman–Crippen MR) is 66.1 cm³/mol. The summed E-state index contributed by atoms with van der Waals surface area (Å²) >= 11 is 0. The predicted octanol–water partition coefficient (Wildman–Crippen LogP) is 2.36. The van der Waals surface area contributed by atoms with Gasteiger partial charge in [0.05, 0.1) is 12.5 Å². The molecule has 0 bridgehead atoms.